The van der Waals surface area contributed by atoms with E-state index >= 15 is 0 Å². The maximum absolute atomic E-state index is 12.9. The Balaban J connectivity index is 1.68. The lowest BCUT2D eigenvalue weighted by Crippen LogP contribution is -2.57. The Morgan fingerprint density at radius 1 is 1.23 bits per heavy atom. The number of carbonyl (C=O) groups excluding carboxylic acids is 2. The summed E-state index contributed by atoms with van der Waals surface area (Å²) in [5, 5.41) is 0. The molecule has 3 aliphatic rings. The first kappa shape index (κ1) is 19.6. The second-order valence-corrected chi connectivity index (χ2v) is 7.43. The fourth-order valence-corrected chi connectivity index (χ4v) is 4.73. The first-order chi connectivity index (χ1) is 12.7. The molecule has 3 fully saturated rings. The summed E-state index contributed by atoms with van der Waals surface area (Å²) in [6, 6.07) is 0.138. The van der Waals surface area contributed by atoms with Crippen molar-refractivity contribution in [2.45, 2.75) is 76.2 Å². The molecule has 1 amide bonds. The minimum Gasteiger partial charge on any atom is -0.462 e. The van der Waals surface area contributed by atoms with E-state index in [1.54, 1.807) is 7.11 Å². The Morgan fingerprint density at radius 2 is 2.08 bits per heavy atom. The second-order valence-electron chi connectivity index (χ2n) is 7.43. The highest BCUT2D eigenvalue weighted by atomic mass is 16.7. The summed E-state index contributed by atoms with van der Waals surface area (Å²) < 4.78 is 21.9. The zero-order valence-corrected chi connectivity index (χ0v) is 15.9. The van der Waals surface area contributed by atoms with E-state index in [-0.39, 0.29) is 48.9 Å². The molecule has 3 heterocycles. The molecule has 0 radical (unpaired) electrons. The van der Waals surface area contributed by atoms with E-state index in [9.17, 15) is 9.59 Å². The van der Waals surface area contributed by atoms with Crippen molar-refractivity contribution in [3.05, 3.63) is 0 Å². The van der Waals surface area contributed by atoms with Gasteiger partial charge in [0.25, 0.3) is 0 Å². The Bertz CT molecular complexity index is 498. The van der Waals surface area contributed by atoms with Crippen LogP contribution < -0.4 is 0 Å². The zero-order chi connectivity index (χ0) is 18.5. The van der Waals surface area contributed by atoms with Gasteiger partial charge in [0.05, 0.1) is 31.8 Å². The second kappa shape index (κ2) is 9.15. The molecule has 0 aliphatic carbocycles. The van der Waals surface area contributed by atoms with Crippen LogP contribution in [0.5, 0.6) is 0 Å². The first-order valence-corrected chi connectivity index (χ1v) is 9.84. The summed E-state index contributed by atoms with van der Waals surface area (Å²) >= 11 is 0. The van der Waals surface area contributed by atoms with Crippen LogP contribution in [0.25, 0.3) is 0 Å². The van der Waals surface area contributed by atoms with E-state index in [2.05, 4.69) is 6.92 Å². The monoisotopic (exact) mass is 369 g/mol. The van der Waals surface area contributed by atoms with Crippen molar-refractivity contribution in [1.82, 2.24) is 4.90 Å². The summed E-state index contributed by atoms with van der Waals surface area (Å²) in [5.41, 5.74) is 0. The fraction of sp³-hybridized carbons (Fsp3) is 0.895. The zero-order valence-electron chi connectivity index (χ0n) is 15.9. The van der Waals surface area contributed by atoms with Crippen LogP contribution in [0.15, 0.2) is 0 Å². The molecule has 3 saturated heterocycles. The van der Waals surface area contributed by atoms with E-state index in [0.29, 0.717) is 32.5 Å². The molecule has 0 aromatic rings. The highest BCUT2D eigenvalue weighted by molar-refractivity contribution is 5.79. The number of methoxy groups -OCH3 is 1. The molecule has 5 atom stereocenters. The van der Waals surface area contributed by atoms with Crippen LogP contribution in [0.4, 0.5) is 0 Å². The van der Waals surface area contributed by atoms with Crippen molar-refractivity contribution < 1.29 is 28.5 Å². The van der Waals surface area contributed by atoms with Crippen LogP contribution in [0.2, 0.25) is 0 Å². The smallest absolute Gasteiger partial charge is 0.306 e. The number of hydrogen-bond donors (Lipinski definition) is 0. The van der Waals surface area contributed by atoms with Crippen molar-refractivity contribution >= 4 is 11.9 Å². The van der Waals surface area contributed by atoms with Crippen LogP contribution in [0, 0.1) is 5.92 Å². The molecule has 7 nitrogen and oxygen atoms in total. The van der Waals surface area contributed by atoms with E-state index in [1.807, 2.05) is 4.90 Å². The van der Waals surface area contributed by atoms with Crippen molar-refractivity contribution in [3.8, 4) is 0 Å². The Morgan fingerprint density at radius 3 is 2.85 bits per heavy atom. The normalized spacial score (nSPS) is 32.6. The minimum atomic E-state index is -0.119. The molecule has 0 aromatic heterocycles. The van der Waals surface area contributed by atoms with Gasteiger partial charge in [-0.15, -0.1) is 0 Å². The molecule has 2 unspecified atom stereocenters. The van der Waals surface area contributed by atoms with Gasteiger partial charge < -0.3 is 23.8 Å². The number of hydrogen-bond acceptors (Lipinski definition) is 6. The standard InChI is InChI=1S/C19H31NO6/c1-3-16(25-12-24-10-9-23-2)15-6-4-5-14-13-11-19(22)26-17(13)7-8-18(21)20(14)15/h13-17H,3-12H2,1-2H3/t13?,14-,15+,16+,17?/m0/s1. The highest BCUT2D eigenvalue weighted by Gasteiger charge is 2.49. The van der Waals surface area contributed by atoms with Gasteiger partial charge in [-0.05, 0) is 32.1 Å². The molecule has 0 saturated carbocycles. The van der Waals surface area contributed by atoms with Crippen molar-refractivity contribution in [2.75, 3.05) is 27.1 Å². The number of piperidine rings is 1. The molecule has 0 aromatic carbocycles. The van der Waals surface area contributed by atoms with Gasteiger partial charge in [0.15, 0.2) is 0 Å². The van der Waals surface area contributed by atoms with Crippen LogP contribution in [-0.2, 0) is 28.5 Å². The minimum absolute atomic E-state index is 0.0479. The van der Waals surface area contributed by atoms with E-state index in [0.717, 1.165) is 25.7 Å². The summed E-state index contributed by atoms with van der Waals surface area (Å²) in [7, 11) is 1.64. The molecule has 0 bridgehead atoms. The number of carbonyl (C=O) groups is 2. The number of amides is 1. The Hall–Kier alpha value is -1.18. The van der Waals surface area contributed by atoms with Crippen molar-refractivity contribution in [1.29, 1.82) is 0 Å². The van der Waals surface area contributed by atoms with Crippen LogP contribution in [0.3, 0.4) is 0 Å². The third-order valence-corrected chi connectivity index (χ3v) is 5.93. The molecule has 26 heavy (non-hydrogen) atoms. The molecule has 0 spiro atoms. The van der Waals surface area contributed by atoms with Gasteiger partial charge in [-0.3, -0.25) is 9.59 Å². The average molecular weight is 369 g/mol. The van der Waals surface area contributed by atoms with Gasteiger partial charge in [0.1, 0.15) is 12.9 Å². The summed E-state index contributed by atoms with van der Waals surface area (Å²) in [4.78, 5) is 26.7. The maximum atomic E-state index is 12.9. The molecular formula is C19H31NO6. The lowest BCUT2D eigenvalue weighted by atomic mass is 9.82. The number of esters is 1. The van der Waals surface area contributed by atoms with Gasteiger partial charge in [-0.2, -0.15) is 0 Å². The summed E-state index contributed by atoms with van der Waals surface area (Å²) in [6.07, 6.45) is 5.11. The molecule has 0 N–H and O–H groups in total. The Kier molecular flexibility index (Phi) is 6.89. The average Bonchev–Trinajstić information content (AvgIpc) is 2.97. The van der Waals surface area contributed by atoms with Gasteiger partial charge in [-0.1, -0.05) is 6.92 Å². The number of fused-ring (bicyclic) bond motifs is 3. The molecule has 3 aliphatic heterocycles. The third-order valence-electron chi connectivity index (χ3n) is 5.93. The molecule has 148 valence electrons. The largest absolute Gasteiger partial charge is 0.462 e. The quantitative estimate of drug-likeness (QED) is 0.369. The third kappa shape index (κ3) is 4.21. The fourth-order valence-electron chi connectivity index (χ4n) is 4.73. The SMILES string of the molecule is CC[C@@H](OCOCCOC)[C@H]1CCC[C@H]2C3CC(=O)OC3CCC(=O)N12. The number of ether oxygens (including phenoxy) is 4. The first-order valence-electron chi connectivity index (χ1n) is 9.84. The molecule has 3 rings (SSSR count). The van der Waals surface area contributed by atoms with Gasteiger partial charge in [0, 0.05) is 25.5 Å². The van der Waals surface area contributed by atoms with Crippen molar-refractivity contribution in [3.63, 3.8) is 0 Å². The molecule has 7 heteroatoms. The molecular weight excluding hydrogens is 338 g/mol. The van der Waals surface area contributed by atoms with Crippen LogP contribution in [0.1, 0.15) is 51.9 Å². The van der Waals surface area contributed by atoms with Gasteiger partial charge in [-0.25, -0.2) is 0 Å². The van der Waals surface area contributed by atoms with E-state index < -0.39 is 0 Å². The number of rotatable bonds is 8. The topological polar surface area (TPSA) is 74.3 Å². The lowest BCUT2D eigenvalue weighted by Gasteiger charge is -2.46. The van der Waals surface area contributed by atoms with E-state index in [4.69, 9.17) is 18.9 Å². The predicted octanol–water partition coefficient (Wildman–Crippen LogP) is 1.88. The van der Waals surface area contributed by atoms with Crippen LogP contribution >= 0.6 is 0 Å². The predicted molar refractivity (Wildman–Crippen MR) is 93.4 cm³/mol. The van der Waals surface area contributed by atoms with Crippen LogP contribution in [-0.4, -0.2) is 68.2 Å². The van der Waals surface area contributed by atoms with Gasteiger partial charge >= 0.3 is 5.97 Å². The highest BCUT2D eigenvalue weighted by Crippen LogP contribution is 2.41. The number of nitrogens with zero attached hydrogens (tertiary/aromatic N) is 1. The lowest BCUT2D eigenvalue weighted by molar-refractivity contribution is -0.155. The summed E-state index contributed by atoms with van der Waals surface area (Å²) in [6.45, 7) is 3.31. The van der Waals surface area contributed by atoms with Crippen molar-refractivity contribution in [2.24, 2.45) is 5.92 Å². The Labute approximate surface area is 155 Å². The van der Waals surface area contributed by atoms with Gasteiger partial charge in [0.2, 0.25) is 5.91 Å². The summed E-state index contributed by atoms with van der Waals surface area (Å²) in [5.74, 6) is 0.186. The van der Waals surface area contributed by atoms with E-state index in [1.165, 1.54) is 0 Å². The maximum Gasteiger partial charge on any atom is 0.306 e.